The van der Waals surface area contributed by atoms with Crippen molar-refractivity contribution in [2.75, 3.05) is 26.3 Å². The molecule has 1 aliphatic heterocycles. The van der Waals surface area contributed by atoms with Gasteiger partial charge in [0.25, 0.3) is 0 Å². The number of nitrogens with one attached hydrogen (secondary N) is 1. The minimum Gasteiger partial charge on any atom is -0.493 e. The zero-order valence-corrected chi connectivity index (χ0v) is 12.2. The summed E-state index contributed by atoms with van der Waals surface area (Å²) in [6, 6.07) is 7.52. The van der Waals surface area contributed by atoms with Crippen LogP contribution >= 0.6 is 11.6 Å². The van der Waals surface area contributed by atoms with E-state index in [1.54, 1.807) is 0 Å². The predicted molar refractivity (Wildman–Crippen MR) is 78.0 cm³/mol. The van der Waals surface area contributed by atoms with Crippen molar-refractivity contribution >= 4 is 11.6 Å². The van der Waals surface area contributed by atoms with Crippen LogP contribution in [0.2, 0.25) is 5.02 Å². The van der Waals surface area contributed by atoms with Gasteiger partial charge < -0.3 is 14.8 Å². The molecule has 1 fully saturated rings. The van der Waals surface area contributed by atoms with E-state index in [0.29, 0.717) is 23.7 Å². The van der Waals surface area contributed by atoms with Crippen molar-refractivity contribution in [2.45, 2.75) is 25.9 Å². The maximum absolute atomic E-state index is 5.91. The van der Waals surface area contributed by atoms with Crippen LogP contribution in [-0.4, -0.2) is 32.4 Å². The van der Waals surface area contributed by atoms with Gasteiger partial charge in [0.15, 0.2) is 0 Å². The van der Waals surface area contributed by atoms with Crippen molar-refractivity contribution in [3.05, 3.63) is 29.3 Å². The number of benzene rings is 1. The molecule has 0 amide bonds. The highest BCUT2D eigenvalue weighted by atomic mass is 35.5. The Morgan fingerprint density at radius 3 is 3.16 bits per heavy atom. The molecule has 1 aromatic carbocycles. The predicted octanol–water partition coefficient (Wildman–Crippen LogP) is 3.12. The molecule has 2 rings (SSSR count). The highest BCUT2D eigenvalue weighted by Gasteiger charge is 2.15. The van der Waals surface area contributed by atoms with Gasteiger partial charge in [0.05, 0.1) is 12.7 Å². The average Bonchev–Trinajstić information content (AvgIpc) is 2.90. The van der Waals surface area contributed by atoms with Gasteiger partial charge in [-0.15, -0.1) is 0 Å². The van der Waals surface area contributed by atoms with E-state index in [-0.39, 0.29) is 0 Å². The summed E-state index contributed by atoms with van der Waals surface area (Å²) in [4.78, 5) is 0. The van der Waals surface area contributed by atoms with E-state index in [1.165, 1.54) is 12.8 Å². The lowest BCUT2D eigenvalue weighted by Crippen LogP contribution is -2.31. The Kier molecular flexibility index (Phi) is 5.95. The molecule has 0 saturated carbocycles. The van der Waals surface area contributed by atoms with Crippen molar-refractivity contribution in [3.8, 4) is 5.75 Å². The topological polar surface area (TPSA) is 30.5 Å². The molecular formula is C15H22ClNO2. The lowest BCUT2D eigenvalue weighted by atomic mass is 10.2. The number of rotatable bonds is 7. The van der Waals surface area contributed by atoms with Crippen molar-refractivity contribution < 1.29 is 9.47 Å². The van der Waals surface area contributed by atoms with Crippen LogP contribution in [0.4, 0.5) is 0 Å². The molecule has 1 N–H and O–H groups in total. The van der Waals surface area contributed by atoms with Crippen molar-refractivity contribution in [1.82, 2.24) is 5.32 Å². The van der Waals surface area contributed by atoms with Gasteiger partial charge in [0.2, 0.25) is 0 Å². The molecule has 0 aromatic heterocycles. The molecule has 0 radical (unpaired) electrons. The van der Waals surface area contributed by atoms with E-state index < -0.39 is 0 Å². The van der Waals surface area contributed by atoms with Gasteiger partial charge in [0, 0.05) is 30.6 Å². The fourth-order valence-corrected chi connectivity index (χ4v) is 2.33. The lowest BCUT2D eigenvalue weighted by molar-refractivity contribution is 0.108. The highest BCUT2D eigenvalue weighted by molar-refractivity contribution is 6.30. The first-order chi connectivity index (χ1) is 9.24. The van der Waals surface area contributed by atoms with Gasteiger partial charge in [-0.3, -0.25) is 0 Å². The normalized spacial score (nSPS) is 20.4. The monoisotopic (exact) mass is 283 g/mol. The van der Waals surface area contributed by atoms with Crippen LogP contribution in [0.1, 0.15) is 19.8 Å². The minimum atomic E-state index is 0.404. The zero-order chi connectivity index (χ0) is 13.5. The van der Waals surface area contributed by atoms with E-state index in [9.17, 15) is 0 Å². The van der Waals surface area contributed by atoms with E-state index in [2.05, 4.69) is 12.2 Å². The molecule has 0 unspecified atom stereocenters. The third kappa shape index (κ3) is 5.39. The fourth-order valence-electron chi connectivity index (χ4n) is 2.15. The van der Waals surface area contributed by atoms with Crippen LogP contribution in [0.5, 0.6) is 5.75 Å². The largest absolute Gasteiger partial charge is 0.493 e. The number of halogens is 1. The van der Waals surface area contributed by atoms with E-state index in [4.69, 9.17) is 21.1 Å². The van der Waals surface area contributed by atoms with Gasteiger partial charge in [0.1, 0.15) is 5.75 Å². The first-order valence-corrected chi connectivity index (χ1v) is 7.32. The van der Waals surface area contributed by atoms with Crippen molar-refractivity contribution in [3.63, 3.8) is 0 Å². The molecule has 3 nitrogen and oxygen atoms in total. The van der Waals surface area contributed by atoms with Gasteiger partial charge >= 0.3 is 0 Å². The van der Waals surface area contributed by atoms with Gasteiger partial charge in [-0.1, -0.05) is 24.6 Å². The SMILES string of the molecule is C[C@H](CNC[C@@H]1CCCO1)COc1cccc(Cl)c1. The molecule has 106 valence electrons. The summed E-state index contributed by atoms with van der Waals surface area (Å²) in [5.74, 6) is 1.29. The van der Waals surface area contributed by atoms with Gasteiger partial charge in [-0.2, -0.15) is 0 Å². The summed E-state index contributed by atoms with van der Waals surface area (Å²) in [6.07, 6.45) is 2.78. The van der Waals surface area contributed by atoms with Crippen LogP contribution < -0.4 is 10.1 Å². The molecule has 0 aliphatic carbocycles. The number of ether oxygens (including phenoxy) is 2. The maximum Gasteiger partial charge on any atom is 0.120 e. The second kappa shape index (κ2) is 7.73. The Morgan fingerprint density at radius 2 is 2.42 bits per heavy atom. The molecule has 1 aromatic rings. The van der Waals surface area contributed by atoms with Crippen LogP contribution in [0.25, 0.3) is 0 Å². The summed E-state index contributed by atoms with van der Waals surface area (Å²) >= 11 is 5.91. The van der Waals surface area contributed by atoms with Crippen LogP contribution in [0.15, 0.2) is 24.3 Å². The Bertz CT molecular complexity index is 380. The standard InChI is InChI=1S/C15H22ClNO2/c1-12(9-17-10-15-6-3-7-18-15)11-19-14-5-2-4-13(16)8-14/h2,4-5,8,12,15,17H,3,6-7,9-11H2,1H3/t12-,15+/m1/s1. The summed E-state index contributed by atoms with van der Waals surface area (Å²) in [6.45, 7) is 5.67. The summed E-state index contributed by atoms with van der Waals surface area (Å²) in [5, 5.41) is 4.15. The second-order valence-electron chi connectivity index (χ2n) is 5.17. The molecular weight excluding hydrogens is 262 g/mol. The number of hydrogen-bond acceptors (Lipinski definition) is 3. The van der Waals surface area contributed by atoms with E-state index in [0.717, 1.165) is 25.4 Å². The maximum atomic E-state index is 5.91. The Morgan fingerprint density at radius 1 is 1.53 bits per heavy atom. The van der Waals surface area contributed by atoms with Crippen LogP contribution in [-0.2, 0) is 4.74 Å². The number of hydrogen-bond donors (Lipinski definition) is 1. The Hall–Kier alpha value is -0.770. The molecule has 0 bridgehead atoms. The fraction of sp³-hybridized carbons (Fsp3) is 0.600. The first-order valence-electron chi connectivity index (χ1n) is 6.94. The first kappa shape index (κ1) is 14.6. The summed E-state index contributed by atoms with van der Waals surface area (Å²) in [5.41, 5.74) is 0. The highest BCUT2D eigenvalue weighted by Crippen LogP contribution is 2.17. The van der Waals surface area contributed by atoms with Crippen LogP contribution in [0, 0.1) is 5.92 Å². The molecule has 4 heteroatoms. The Labute approximate surface area is 120 Å². The van der Waals surface area contributed by atoms with E-state index >= 15 is 0 Å². The minimum absolute atomic E-state index is 0.404. The zero-order valence-electron chi connectivity index (χ0n) is 11.4. The second-order valence-corrected chi connectivity index (χ2v) is 5.60. The van der Waals surface area contributed by atoms with Gasteiger partial charge in [-0.05, 0) is 31.0 Å². The van der Waals surface area contributed by atoms with Crippen molar-refractivity contribution in [2.24, 2.45) is 5.92 Å². The molecule has 1 saturated heterocycles. The third-order valence-electron chi connectivity index (χ3n) is 3.22. The van der Waals surface area contributed by atoms with E-state index in [1.807, 2.05) is 24.3 Å². The van der Waals surface area contributed by atoms with Crippen molar-refractivity contribution in [1.29, 1.82) is 0 Å². The molecule has 19 heavy (non-hydrogen) atoms. The molecule has 2 atom stereocenters. The quantitative estimate of drug-likeness (QED) is 0.834. The molecule has 1 heterocycles. The molecule has 0 spiro atoms. The summed E-state index contributed by atoms with van der Waals surface area (Å²) < 4.78 is 11.3. The third-order valence-corrected chi connectivity index (χ3v) is 3.45. The lowest BCUT2D eigenvalue weighted by Gasteiger charge is -2.16. The van der Waals surface area contributed by atoms with Gasteiger partial charge in [-0.25, -0.2) is 0 Å². The smallest absolute Gasteiger partial charge is 0.120 e. The average molecular weight is 284 g/mol. The van der Waals surface area contributed by atoms with Crippen LogP contribution in [0.3, 0.4) is 0 Å². The summed E-state index contributed by atoms with van der Waals surface area (Å²) in [7, 11) is 0. The molecule has 1 aliphatic rings. The Balaban J connectivity index is 1.60.